The first-order valence-corrected chi connectivity index (χ1v) is 5.09. The Morgan fingerprint density at radius 2 is 1.86 bits per heavy atom. The van der Waals surface area contributed by atoms with Crippen LogP contribution >= 0.6 is 11.3 Å². The van der Waals surface area contributed by atoms with Gasteiger partial charge in [-0.15, -0.1) is 11.3 Å². The molecular formula is C11H9NOS. The average Bonchev–Trinajstić information content (AvgIpc) is 2.65. The predicted octanol–water partition coefficient (Wildman–Crippen LogP) is 2.56. The third kappa shape index (κ3) is 1.54. The molecule has 1 heterocycles. The number of nitrogens with two attached hydrogens (primary N) is 1. The molecule has 0 spiro atoms. The van der Waals surface area contributed by atoms with Gasteiger partial charge in [0.25, 0.3) is 0 Å². The number of thiophene rings is 1. The molecule has 70 valence electrons. The number of benzene rings is 1. The summed E-state index contributed by atoms with van der Waals surface area (Å²) in [6.45, 7) is 0. The Kier molecular flexibility index (Phi) is 2.33. The van der Waals surface area contributed by atoms with Gasteiger partial charge >= 0.3 is 0 Å². The molecule has 0 aliphatic heterocycles. The predicted molar refractivity (Wildman–Crippen MR) is 58.6 cm³/mol. The number of carbonyl (C=O) groups excluding carboxylic acids is 1. The lowest BCUT2D eigenvalue weighted by molar-refractivity contribution is 0.104. The zero-order valence-electron chi connectivity index (χ0n) is 7.44. The van der Waals surface area contributed by atoms with Gasteiger partial charge in [-0.1, -0.05) is 30.3 Å². The molecule has 3 heteroatoms. The number of hydrogen-bond acceptors (Lipinski definition) is 3. The second-order valence-corrected chi connectivity index (χ2v) is 3.82. The lowest BCUT2D eigenvalue weighted by Crippen LogP contribution is -2.01. The number of ketones is 1. The Balaban J connectivity index is 2.39. The van der Waals surface area contributed by atoms with Crippen LogP contribution in [0.1, 0.15) is 15.2 Å². The van der Waals surface area contributed by atoms with Crippen molar-refractivity contribution in [2.24, 2.45) is 0 Å². The van der Waals surface area contributed by atoms with Gasteiger partial charge in [-0.2, -0.15) is 0 Å². The third-order valence-corrected chi connectivity index (χ3v) is 2.87. The fourth-order valence-corrected chi connectivity index (χ4v) is 2.00. The summed E-state index contributed by atoms with van der Waals surface area (Å²) in [6, 6.07) is 10.9. The maximum absolute atomic E-state index is 11.9. The van der Waals surface area contributed by atoms with Crippen LogP contribution in [-0.4, -0.2) is 5.78 Å². The molecule has 2 rings (SSSR count). The van der Waals surface area contributed by atoms with Gasteiger partial charge in [0.15, 0.2) is 0 Å². The van der Waals surface area contributed by atoms with Crippen molar-refractivity contribution in [1.29, 1.82) is 0 Å². The van der Waals surface area contributed by atoms with Crippen LogP contribution in [0.4, 0.5) is 5.69 Å². The van der Waals surface area contributed by atoms with Gasteiger partial charge in [-0.25, -0.2) is 0 Å². The van der Waals surface area contributed by atoms with Crippen molar-refractivity contribution in [3.63, 3.8) is 0 Å². The summed E-state index contributed by atoms with van der Waals surface area (Å²) in [5, 5.41) is 1.82. The summed E-state index contributed by atoms with van der Waals surface area (Å²) in [5.41, 5.74) is 6.91. The van der Waals surface area contributed by atoms with E-state index in [-0.39, 0.29) is 5.78 Å². The number of carbonyl (C=O) groups is 1. The Hall–Kier alpha value is -1.61. The Bertz CT molecular complexity index is 447. The molecule has 14 heavy (non-hydrogen) atoms. The third-order valence-electron chi connectivity index (χ3n) is 1.94. The van der Waals surface area contributed by atoms with E-state index in [2.05, 4.69) is 0 Å². The molecular weight excluding hydrogens is 194 g/mol. The highest BCUT2D eigenvalue weighted by Crippen LogP contribution is 2.22. The fraction of sp³-hybridized carbons (Fsp3) is 0. The first-order valence-electron chi connectivity index (χ1n) is 4.22. The quantitative estimate of drug-likeness (QED) is 0.762. The van der Waals surface area contributed by atoms with E-state index >= 15 is 0 Å². The zero-order chi connectivity index (χ0) is 9.97. The van der Waals surface area contributed by atoms with Crippen molar-refractivity contribution >= 4 is 22.8 Å². The van der Waals surface area contributed by atoms with Gasteiger partial charge in [-0.3, -0.25) is 4.79 Å². The second kappa shape index (κ2) is 3.64. The van der Waals surface area contributed by atoms with E-state index in [1.165, 1.54) is 11.3 Å². The van der Waals surface area contributed by atoms with E-state index < -0.39 is 0 Å². The second-order valence-electron chi connectivity index (χ2n) is 2.90. The Morgan fingerprint density at radius 3 is 2.43 bits per heavy atom. The summed E-state index contributed by atoms with van der Waals surface area (Å²) in [4.78, 5) is 12.5. The summed E-state index contributed by atoms with van der Waals surface area (Å²) in [6.07, 6.45) is 0. The van der Waals surface area contributed by atoms with Crippen molar-refractivity contribution < 1.29 is 4.79 Å². The zero-order valence-corrected chi connectivity index (χ0v) is 8.25. The van der Waals surface area contributed by atoms with Crippen molar-refractivity contribution in [3.05, 3.63) is 52.2 Å². The van der Waals surface area contributed by atoms with Gasteiger partial charge < -0.3 is 5.73 Å². The number of anilines is 1. The Labute approximate surface area is 86.0 Å². The molecule has 0 atom stereocenters. The summed E-state index contributed by atoms with van der Waals surface area (Å²) in [7, 11) is 0. The van der Waals surface area contributed by atoms with Crippen LogP contribution in [0.15, 0.2) is 41.8 Å². The molecule has 0 amide bonds. The van der Waals surface area contributed by atoms with E-state index in [4.69, 9.17) is 5.73 Å². The normalized spacial score (nSPS) is 10.0. The van der Waals surface area contributed by atoms with E-state index in [0.29, 0.717) is 16.1 Å². The highest BCUT2D eigenvalue weighted by Gasteiger charge is 2.12. The first kappa shape index (κ1) is 8.97. The molecule has 0 bridgehead atoms. The molecule has 1 aromatic heterocycles. The standard InChI is InChI=1S/C11H9NOS/c12-9-6-7-14-11(9)10(13)8-4-2-1-3-5-8/h1-7H,12H2. The molecule has 2 nitrogen and oxygen atoms in total. The molecule has 1 aromatic carbocycles. The molecule has 2 N–H and O–H groups in total. The van der Waals surface area contributed by atoms with Crippen LogP contribution in [0.3, 0.4) is 0 Å². The topological polar surface area (TPSA) is 43.1 Å². The molecule has 0 fully saturated rings. The van der Waals surface area contributed by atoms with Crippen LogP contribution in [0.2, 0.25) is 0 Å². The smallest absolute Gasteiger partial charge is 0.205 e. The highest BCUT2D eigenvalue weighted by molar-refractivity contribution is 7.12. The van der Waals surface area contributed by atoms with E-state index in [0.717, 1.165) is 0 Å². The van der Waals surface area contributed by atoms with Crippen molar-refractivity contribution in [2.75, 3.05) is 5.73 Å². The molecule has 0 aliphatic rings. The van der Waals surface area contributed by atoms with E-state index in [1.807, 2.05) is 23.6 Å². The van der Waals surface area contributed by atoms with Crippen molar-refractivity contribution in [1.82, 2.24) is 0 Å². The Morgan fingerprint density at radius 1 is 1.14 bits per heavy atom. The molecule has 2 aromatic rings. The van der Waals surface area contributed by atoms with Gasteiger partial charge in [-0.05, 0) is 11.4 Å². The number of hydrogen-bond donors (Lipinski definition) is 1. The summed E-state index contributed by atoms with van der Waals surface area (Å²) < 4.78 is 0. The maximum Gasteiger partial charge on any atom is 0.205 e. The minimum atomic E-state index is -0.00176. The molecule has 0 aliphatic carbocycles. The van der Waals surface area contributed by atoms with Gasteiger partial charge in [0.2, 0.25) is 5.78 Å². The van der Waals surface area contributed by atoms with Gasteiger partial charge in [0, 0.05) is 5.56 Å². The monoisotopic (exact) mass is 203 g/mol. The minimum absolute atomic E-state index is 0.00176. The fourth-order valence-electron chi connectivity index (χ4n) is 1.22. The van der Waals surface area contributed by atoms with Crippen molar-refractivity contribution in [3.8, 4) is 0 Å². The van der Waals surface area contributed by atoms with E-state index in [9.17, 15) is 4.79 Å². The van der Waals surface area contributed by atoms with Crippen molar-refractivity contribution in [2.45, 2.75) is 0 Å². The number of nitrogen functional groups attached to an aromatic ring is 1. The van der Waals surface area contributed by atoms with Gasteiger partial charge in [0.05, 0.1) is 10.6 Å². The van der Waals surface area contributed by atoms with Crippen LogP contribution in [0.25, 0.3) is 0 Å². The molecule has 0 saturated carbocycles. The average molecular weight is 203 g/mol. The first-order chi connectivity index (χ1) is 6.79. The van der Waals surface area contributed by atoms with Crippen LogP contribution in [-0.2, 0) is 0 Å². The number of rotatable bonds is 2. The minimum Gasteiger partial charge on any atom is -0.397 e. The van der Waals surface area contributed by atoms with E-state index in [1.54, 1.807) is 18.2 Å². The lowest BCUT2D eigenvalue weighted by Gasteiger charge is -1.98. The molecule has 0 unspecified atom stereocenters. The van der Waals surface area contributed by atoms with Crippen LogP contribution in [0, 0.1) is 0 Å². The summed E-state index contributed by atoms with van der Waals surface area (Å²) in [5.74, 6) is -0.00176. The van der Waals surface area contributed by atoms with Crippen LogP contribution < -0.4 is 5.73 Å². The molecule has 0 saturated heterocycles. The molecule has 0 radical (unpaired) electrons. The highest BCUT2D eigenvalue weighted by atomic mass is 32.1. The largest absolute Gasteiger partial charge is 0.397 e. The van der Waals surface area contributed by atoms with Gasteiger partial charge in [0.1, 0.15) is 0 Å². The summed E-state index contributed by atoms with van der Waals surface area (Å²) >= 11 is 1.38. The maximum atomic E-state index is 11.9. The lowest BCUT2D eigenvalue weighted by atomic mass is 10.1. The SMILES string of the molecule is Nc1ccsc1C(=O)c1ccccc1. The van der Waals surface area contributed by atoms with Crippen LogP contribution in [0.5, 0.6) is 0 Å².